The normalized spacial score (nSPS) is 20.8. The molecule has 1 aliphatic heterocycles. The average molecular weight is 277 g/mol. The van der Waals surface area contributed by atoms with Crippen LogP contribution in [0.5, 0.6) is 0 Å². The van der Waals surface area contributed by atoms with E-state index in [0.29, 0.717) is 19.6 Å². The van der Waals surface area contributed by atoms with Gasteiger partial charge in [-0.2, -0.15) is 0 Å². The van der Waals surface area contributed by atoms with Gasteiger partial charge in [-0.3, -0.25) is 4.79 Å². The van der Waals surface area contributed by atoms with Gasteiger partial charge in [0.1, 0.15) is 11.5 Å². The molecule has 1 fully saturated rings. The molecule has 0 spiro atoms. The van der Waals surface area contributed by atoms with Crippen molar-refractivity contribution >= 4 is 23.6 Å². The summed E-state index contributed by atoms with van der Waals surface area (Å²) in [4.78, 5) is 26.8. The zero-order valence-electron chi connectivity index (χ0n) is 11.4. The Bertz CT molecular complexity index is 328. The maximum Gasteiger partial charge on any atom is 0.410 e. The van der Waals surface area contributed by atoms with Crippen molar-refractivity contribution in [2.45, 2.75) is 39.3 Å². The van der Waals surface area contributed by atoms with Crippen molar-refractivity contribution < 1.29 is 14.3 Å². The molecule has 0 bridgehead atoms. The number of alkyl halides is 1. The summed E-state index contributed by atoms with van der Waals surface area (Å²) in [5.74, 6) is -0.105. The summed E-state index contributed by atoms with van der Waals surface area (Å²) < 4.78 is 5.33. The lowest BCUT2D eigenvalue weighted by atomic mass is 10.2. The maximum absolute atomic E-state index is 11.9. The van der Waals surface area contributed by atoms with Crippen LogP contribution in [0.25, 0.3) is 0 Å². The Hall–Kier alpha value is -0.970. The van der Waals surface area contributed by atoms with Gasteiger partial charge < -0.3 is 14.5 Å². The molecule has 18 heavy (non-hydrogen) atoms. The first kappa shape index (κ1) is 15.1. The number of amides is 2. The molecule has 0 aliphatic carbocycles. The van der Waals surface area contributed by atoms with Crippen LogP contribution in [0.4, 0.5) is 4.79 Å². The van der Waals surface area contributed by atoms with Gasteiger partial charge in [0.2, 0.25) is 5.91 Å². The average Bonchev–Trinajstić information content (AvgIpc) is 2.25. The molecule has 104 valence electrons. The molecule has 2 amide bonds. The highest BCUT2D eigenvalue weighted by atomic mass is 35.5. The first-order valence-electron chi connectivity index (χ1n) is 6.08. The van der Waals surface area contributed by atoms with Crippen molar-refractivity contribution in [2.75, 3.05) is 25.5 Å². The van der Waals surface area contributed by atoms with Crippen LogP contribution in [-0.4, -0.2) is 59.0 Å². The third kappa shape index (κ3) is 4.05. The minimum absolute atomic E-state index is 0.0147. The van der Waals surface area contributed by atoms with Crippen LogP contribution in [0.2, 0.25) is 0 Å². The van der Waals surface area contributed by atoms with Crippen LogP contribution >= 0.6 is 11.6 Å². The summed E-state index contributed by atoms with van der Waals surface area (Å²) in [5, 5.41) is 0. The van der Waals surface area contributed by atoms with E-state index in [9.17, 15) is 9.59 Å². The van der Waals surface area contributed by atoms with E-state index in [-0.39, 0.29) is 23.9 Å². The van der Waals surface area contributed by atoms with Crippen LogP contribution in [0, 0.1) is 0 Å². The van der Waals surface area contributed by atoms with Gasteiger partial charge in [0.25, 0.3) is 0 Å². The summed E-state index contributed by atoms with van der Waals surface area (Å²) in [6.45, 7) is 8.91. The predicted molar refractivity (Wildman–Crippen MR) is 69.7 cm³/mol. The molecule has 0 radical (unpaired) electrons. The first-order chi connectivity index (χ1) is 8.24. The van der Waals surface area contributed by atoms with Gasteiger partial charge in [0.15, 0.2) is 0 Å². The maximum atomic E-state index is 11.9. The van der Waals surface area contributed by atoms with Crippen LogP contribution < -0.4 is 0 Å². The minimum atomic E-state index is -0.500. The van der Waals surface area contributed by atoms with Gasteiger partial charge in [-0.1, -0.05) is 0 Å². The molecule has 0 saturated carbocycles. The van der Waals surface area contributed by atoms with Gasteiger partial charge in [0.05, 0.1) is 0 Å². The largest absolute Gasteiger partial charge is 0.444 e. The van der Waals surface area contributed by atoms with Crippen LogP contribution in [-0.2, 0) is 9.53 Å². The third-order valence-corrected chi connectivity index (χ3v) is 2.95. The van der Waals surface area contributed by atoms with Crippen LogP contribution in [0.1, 0.15) is 27.7 Å². The van der Waals surface area contributed by atoms with E-state index < -0.39 is 5.60 Å². The fourth-order valence-electron chi connectivity index (χ4n) is 1.86. The number of ether oxygens (including phenoxy) is 1. The Morgan fingerprint density at radius 1 is 1.33 bits per heavy atom. The Balaban J connectivity index is 2.57. The highest BCUT2D eigenvalue weighted by Crippen LogP contribution is 2.15. The SMILES string of the molecule is C[C@H]1CN(C(=O)CCl)CCN1C(=O)OC(C)(C)C. The van der Waals surface area contributed by atoms with E-state index in [1.807, 2.05) is 27.7 Å². The van der Waals surface area contributed by atoms with Crippen molar-refractivity contribution in [3.8, 4) is 0 Å². The molecule has 1 heterocycles. The van der Waals surface area contributed by atoms with Gasteiger partial charge >= 0.3 is 6.09 Å². The molecular formula is C12H21ClN2O3. The number of rotatable bonds is 1. The Kier molecular flexibility index (Phi) is 4.85. The lowest BCUT2D eigenvalue weighted by molar-refractivity contribution is -0.131. The van der Waals surface area contributed by atoms with Gasteiger partial charge in [-0.15, -0.1) is 11.6 Å². The second kappa shape index (κ2) is 5.78. The fourth-order valence-corrected chi connectivity index (χ4v) is 2.03. The van der Waals surface area contributed by atoms with E-state index in [4.69, 9.17) is 16.3 Å². The fraction of sp³-hybridized carbons (Fsp3) is 0.833. The van der Waals surface area contributed by atoms with Crippen LogP contribution in [0.3, 0.4) is 0 Å². The van der Waals surface area contributed by atoms with Crippen molar-refractivity contribution in [1.82, 2.24) is 9.80 Å². The molecule has 6 heteroatoms. The molecule has 0 aromatic rings. The number of hydrogen-bond acceptors (Lipinski definition) is 3. The molecule has 1 rings (SSSR count). The number of carbonyl (C=O) groups excluding carboxylic acids is 2. The van der Waals surface area contributed by atoms with Gasteiger partial charge in [-0.05, 0) is 27.7 Å². The zero-order valence-corrected chi connectivity index (χ0v) is 12.2. The topological polar surface area (TPSA) is 49.9 Å². The number of nitrogens with zero attached hydrogens (tertiary/aromatic N) is 2. The van der Waals surface area contributed by atoms with Gasteiger partial charge in [-0.25, -0.2) is 4.79 Å². The smallest absolute Gasteiger partial charge is 0.410 e. The highest BCUT2D eigenvalue weighted by molar-refractivity contribution is 6.27. The number of piperazine rings is 1. The van der Waals surface area contributed by atoms with E-state index >= 15 is 0 Å². The summed E-state index contributed by atoms with van der Waals surface area (Å²) in [6, 6.07) is -0.0548. The molecule has 1 saturated heterocycles. The quantitative estimate of drug-likeness (QED) is 0.685. The number of halogens is 1. The molecule has 1 aliphatic rings. The lowest BCUT2D eigenvalue weighted by Crippen LogP contribution is -2.56. The Labute approximate surface area is 113 Å². The predicted octanol–water partition coefficient (Wildman–Crippen LogP) is 1.69. The van der Waals surface area contributed by atoms with E-state index in [1.54, 1.807) is 9.80 Å². The second-order valence-corrected chi connectivity index (χ2v) is 5.76. The molecule has 0 aromatic carbocycles. The van der Waals surface area contributed by atoms with E-state index in [0.717, 1.165) is 0 Å². The summed E-state index contributed by atoms with van der Waals surface area (Å²) in [6.07, 6.45) is -0.326. The number of hydrogen-bond donors (Lipinski definition) is 0. The standard InChI is InChI=1S/C12H21ClN2O3/c1-9-8-14(10(16)7-13)5-6-15(9)11(17)18-12(2,3)4/h9H,5-8H2,1-4H3/t9-/m0/s1. The first-order valence-corrected chi connectivity index (χ1v) is 6.61. The summed E-state index contributed by atoms with van der Waals surface area (Å²) in [5.41, 5.74) is -0.500. The van der Waals surface area contributed by atoms with Crippen molar-refractivity contribution in [2.24, 2.45) is 0 Å². The molecule has 0 unspecified atom stereocenters. The lowest BCUT2D eigenvalue weighted by Gasteiger charge is -2.40. The van der Waals surface area contributed by atoms with Crippen LogP contribution in [0.15, 0.2) is 0 Å². The van der Waals surface area contributed by atoms with Gasteiger partial charge in [0, 0.05) is 25.7 Å². The second-order valence-electron chi connectivity index (χ2n) is 5.50. The Morgan fingerprint density at radius 3 is 2.39 bits per heavy atom. The third-order valence-electron chi connectivity index (χ3n) is 2.72. The Morgan fingerprint density at radius 2 is 1.94 bits per heavy atom. The molecule has 0 aromatic heterocycles. The number of carbonyl (C=O) groups is 2. The zero-order chi connectivity index (χ0) is 13.9. The minimum Gasteiger partial charge on any atom is -0.444 e. The van der Waals surface area contributed by atoms with Crippen molar-refractivity contribution in [1.29, 1.82) is 0 Å². The summed E-state index contributed by atoms with van der Waals surface area (Å²) in [7, 11) is 0. The summed E-state index contributed by atoms with van der Waals surface area (Å²) >= 11 is 5.52. The molecular weight excluding hydrogens is 256 g/mol. The molecule has 0 N–H and O–H groups in total. The van der Waals surface area contributed by atoms with Crippen molar-refractivity contribution in [3.63, 3.8) is 0 Å². The van der Waals surface area contributed by atoms with E-state index in [2.05, 4.69) is 0 Å². The van der Waals surface area contributed by atoms with Crippen molar-refractivity contribution in [3.05, 3.63) is 0 Å². The van der Waals surface area contributed by atoms with E-state index in [1.165, 1.54) is 0 Å². The molecule has 1 atom stereocenters. The highest BCUT2D eigenvalue weighted by Gasteiger charge is 2.32. The monoisotopic (exact) mass is 276 g/mol. The molecule has 5 nitrogen and oxygen atoms in total.